The molecular weight excluding hydrogens is 407 g/mol. The Kier molecular flexibility index (Phi) is 6.21. The molecule has 0 aromatic heterocycles. The fraction of sp³-hybridized carbons (Fsp3) is 0.188. The van der Waals surface area contributed by atoms with E-state index >= 15 is 0 Å². The van der Waals surface area contributed by atoms with Gasteiger partial charge in [-0.1, -0.05) is 40.9 Å². The number of anilines is 2. The number of amides is 1. The molecule has 0 aliphatic rings. The van der Waals surface area contributed by atoms with Crippen LogP contribution in [0.1, 0.15) is 6.92 Å². The van der Waals surface area contributed by atoms with Crippen LogP contribution in [0.5, 0.6) is 0 Å². The number of benzene rings is 2. The Balaban J connectivity index is 2.35. The van der Waals surface area contributed by atoms with Crippen LogP contribution in [-0.4, -0.2) is 26.6 Å². The number of rotatable bonds is 5. The van der Waals surface area contributed by atoms with Gasteiger partial charge in [-0.15, -0.1) is 0 Å². The van der Waals surface area contributed by atoms with Crippen molar-refractivity contribution in [1.29, 1.82) is 0 Å². The van der Waals surface area contributed by atoms with E-state index in [1.54, 1.807) is 30.3 Å². The zero-order valence-electron chi connectivity index (χ0n) is 13.3. The van der Waals surface area contributed by atoms with Crippen LogP contribution in [0.3, 0.4) is 0 Å². The number of hydrogen-bond acceptors (Lipinski definition) is 3. The lowest BCUT2D eigenvalue weighted by Crippen LogP contribution is -2.45. The molecule has 0 aliphatic heterocycles. The van der Waals surface area contributed by atoms with Crippen molar-refractivity contribution in [1.82, 2.24) is 0 Å². The van der Waals surface area contributed by atoms with Gasteiger partial charge in [0.2, 0.25) is 15.9 Å². The minimum Gasteiger partial charge on any atom is -0.322 e. The second kappa shape index (κ2) is 7.83. The number of nitrogens with zero attached hydrogens (tertiary/aromatic N) is 1. The Hall–Kier alpha value is -1.47. The highest BCUT2D eigenvalue weighted by atomic mass is 35.5. The molecule has 2 aromatic rings. The van der Waals surface area contributed by atoms with Crippen molar-refractivity contribution in [2.45, 2.75) is 13.0 Å². The largest absolute Gasteiger partial charge is 0.322 e. The average Bonchev–Trinajstić information content (AvgIpc) is 2.51. The lowest BCUT2D eigenvalue weighted by Gasteiger charge is -2.28. The second-order valence-electron chi connectivity index (χ2n) is 5.30. The molecule has 0 heterocycles. The van der Waals surface area contributed by atoms with Crippen LogP contribution in [0.25, 0.3) is 0 Å². The van der Waals surface area contributed by atoms with Crippen LogP contribution in [-0.2, 0) is 14.8 Å². The number of nitrogens with one attached hydrogen (secondary N) is 1. The molecule has 1 amide bonds. The SMILES string of the molecule is C[C@H](C(=O)Nc1c(Cl)cccc1Cl)N(c1ccc(Cl)cc1)S(C)(=O)=O. The summed E-state index contributed by atoms with van der Waals surface area (Å²) in [5.41, 5.74) is 0.548. The minimum absolute atomic E-state index is 0.229. The second-order valence-corrected chi connectivity index (χ2v) is 8.41. The third-order valence-corrected chi connectivity index (χ3v) is 5.50. The first kappa shape index (κ1) is 19.8. The summed E-state index contributed by atoms with van der Waals surface area (Å²) < 4.78 is 25.4. The average molecular weight is 422 g/mol. The Morgan fingerprint density at radius 2 is 1.56 bits per heavy atom. The number of halogens is 3. The smallest absolute Gasteiger partial charge is 0.248 e. The van der Waals surface area contributed by atoms with Crippen LogP contribution in [0, 0.1) is 0 Å². The van der Waals surface area contributed by atoms with Gasteiger partial charge in [0.15, 0.2) is 0 Å². The van der Waals surface area contributed by atoms with Gasteiger partial charge in [-0.05, 0) is 43.3 Å². The maximum absolute atomic E-state index is 12.6. The van der Waals surface area contributed by atoms with Gasteiger partial charge in [0.1, 0.15) is 6.04 Å². The van der Waals surface area contributed by atoms with Gasteiger partial charge in [-0.25, -0.2) is 8.42 Å². The molecule has 0 fully saturated rings. The molecule has 0 saturated carbocycles. The van der Waals surface area contributed by atoms with Crippen LogP contribution in [0.4, 0.5) is 11.4 Å². The predicted octanol–water partition coefficient (Wildman–Crippen LogP) is 4.44. The van der Waals surface area contributed by atoms with E-state index in [-0.39, 0.29) is 15.7 Å². The van der Waals surface area contributed by atoms with E-state index in [0.717, 1.165) is 10.6 Å². The highest BCUT2D eigenvalue weighted by molar-refractivity contribution is 7.92. The Labute approximate surface area is 161 Å². The summed E-state index contributed by atoms with van der Waals surface area (Å²) in [4.78, 5) is 12.6. The zero-order valence-corrected chi connectivity index (χ0v) is 16.4. The summed E-state index contributed by atoms with van der Waals surface area (Å²) in [6.45, 7) is 1.47. The van der Waals surface area contributed by atoms with Crippen LogP contribution in [0.15, 0.2) is 42.5 Å². The molecule has 134 valence electrons. The fourth-order valence-corrected chi connectivity index (χ4v) is 4.03. The number of para-hydroxylation sites is 1. The summed E-state index contributed by atoms with van der Waals surface area (Å²) in [6.07, 6.45) is 1.02. The standard InChI is InChI=1S/C16H15Cl3N2O3S/c1-10(16(22)20-15-13(18)4-3-5-14(15)19)21(25(2,23)24)12-8-6-11(17)7-9-12/h3-10H,1-2H3,(H,20,22)/t10-/m1/s1. The lowest BCUT2D eigenvalue weighted by atomic mass is 10.2. The summed E-state index contributed by atoms with van der Waals surface area (Å²) in [6, 6.07) is 9.88. The van der Waals surface area contributed by atoms with E-state index in [4.69, 9.17) is 34.8 Å². The van der Waals surface area contributed by atoms with E-state index in [0.29, 0.717) is 10.7 Å². The molecule has 0 spiro atoms. The summed E-state index contributed by atoms with van der Waals surface area (Å²) in [7, 11) is -3.72. The van der Waals surface area contributed by atoms with Crippen LogP contribution in [0.2, 0.25) is 15.1 Å². The van der Waals surface area contributed by atoms with E-state index in [9.17, 15) is 13.2 Å². The monoisotopic (exact) mass is 420 g/mol. The van der Waals surface area contributed by atoms with E-state index in [1.807, 2.05) is 0 Å². The van der Waals surface area contributed by atoms with Gasteiger partial charge >= 0.3 is 0 Å². The first-order chi connectivity index (χ1) is 11.6. The molecule has 0 unspecified atom stereocenters. The summed E-state index contributed by atoms with van der Waals surface area (Å²) >= 11 is 17.9. The Morgan fingerprint density at radius 3 is 2.04 bits per heavy atom. The van der Waals surface area contributed by atoms with E-state index in [2.05, 4.69) is 5.32 Å². The van der Waals surface area contributed by atoms with Gasteiger partial charge in [0.05, 0.1) is 27.7 Å². The topological polar surface area (TPSA) is 66.5 Å². The Morgan fingerprint density at radius 1 is 1.04 bits per heavy atom. The molecular formula is C16H15Cl3N2O3S. The number of sulfonamides is 1. The number of carbonyl (C=O) groups excluding carboxylic acids is 1. The molecule has 0 saturated heterocycles. The van der Waals surface area contributed by atoms with Crippen molar-refractivity contribution in [3.8, 4) is 0 Å². The van der Waals surface area contributed by atoms with Crippen LogP contribution >= 0.6 is 34.8 Å². The van der Waals surface area contributed by atoms with Crippen molar-refractivity contribution < 1.29 is 13.2 Å². The Bertz CT molecular complexity index is 866. The molecule has 0 aliphatic carbocycles. The normalized spacial score (nSPS) is 12.5. The first-order valence-electron chi connectivity index (χ1n) is 7.11. The van der Waals surface area contributed by atoms with Crippen molar-refractivity contribution in [2.75, 3.05) is 15.9 Å². The van der Waals surface area contributed by atoms with E-state index < -0.39 is 22.0 Å². The van der Waals surface area contributed by atoms with Crippen LogP contribution < -0.4 is 9.62 Å². The van der Waals surface area contributed by atoms with Crippen molar-refractivity contribution in [2.24, 2.45) is 0 Å². The maximum Gasteiger partial charge on any atom is 0.248 e. The zero-order chi connectivity index (χ0) is 18.8. The molecule has 0 radical (unpaired) electrons. The molecule has 2 aromatic carbocycles. The van der Waals surface area contributed by atoms with Crippen molar-refractivity contribution in [3.63, 3.8) is 0 Å². The van der Waals surface area contributed by atoms with Gasteiger partial charge in [-0.3, -0.25) is 9.10 Å². The molecule has 2 rings (SSSR count). The quantitative estimate of drug-likeness (QED) is 0.776. The molecule has 5 nitrogen and oxygen atoms in total. The number of carbonyl (C=O) groups is 1. The molecule has 1 N–H and O–H groups in total. The predicted molar refractivity (Wildman–Crippen MR) is 103 cm³/mol. The molecule has 25 heavy (non-hydrogen) atoms. The minimum atomic E-state index is -3.72. The lowest BCUT2D eigenvalue weighted by molar-refractivity contribution is -0.116. The van der Waals surface area contributed by atoms with E-state index in [1.165, 1.54) is 19.1 Å². The fourth-order valence-electron chi connectivity index (χ4n) is 2.24. The van der Waals surface area contributed by atoms with Gasteiger partial charge < -0.3 is 5.32 Å². The molecule has 0 bridgehead atoms. The highest BCUT2D eigenvalue weighted by Gasteiger charge is 2.29. The number of hydrogen-bond donors (Lipinski definition) is 1. The highest BCUT2D eigenvalue weighted by Crippen LogP contribution is 2.30. The maximum atomic E-state index is 12.6. The molecule has 1 atom stereocenters. The first-order valence-corrected chi connectivity index (χ1v) is 10.1. The molecule has 9 heteroatoms. The van der Waals surface area contributed by atoms with Gasteiger partial charge in [0.25, 0.3) is 0 Å². The third-order valence-electron chi connectivity index (χ3n) is 3.38. The van der Waals surface area contributed by atoms with Gasteiger partial charge in [0, 0.05) is 5.02 Å². The van der Waals surface area contributed by atoms with Crippen molar-refractivity contribution >= 4 is 62.1 Å². The third kappa shape index (κ3) is 4.79. The van der Waals surface area contributed by atoms with Gasteiger partial charge in [-0.2, -0.15) is 0 Å². The van der Waals surface area contributed by atoms with Crippen molar-refractivity contribution in [3.05, 3.63) is 57.5 Å². The summed E-state index contributed by atoms with van der Waals surface area (Å²) in [5.74, 6) is -0.574. The summed E-state index contributed by atoms with van der Waals surface area (Å²) in [5, 5.41) is 3.54.